The van der Waals surface area contributed by atoms with E-state index in [0.29, 0.717) is 0 Å². The maximum atomic E-state index is 7.84. The Morgan fingerprint density at radius 2 is 2.05 bits per heavy atom. The summed E-state index contributed by atoms with van der Waals surface area (Å²) in [6.45, 7) is 0.992. The number of fused-ring (bicyclic) bond motifs is 1. The molecule has 1 aromatic carbocycles. The first kappa shape index (κ1) is 13.9. The van der Waals surface area contributed by atoms with Crippen LogP contribution in [0.5, 0.6) is 0 Å². The van der Waals surface area contributed by atoms with Gasteiger partial charge in [-0.25, -0.2) is 4.98 Å². The normalized spacial score (nSPS) is 15.5. The maximum absolute atomic E-state index is 7.84. The molecule has 0 bridgehead atoms. The van der Waals surface area contributed by atoms with Crippen LogP contribution in [0.15, 0.2) is 30.3 Å². The molecule has 1 aromatic heterocycles. The highest BCUT2D eigenvalue weighted by atomic mass is 15.2. The fraction of sp³-hybridized carbons (Fsp3) is 0.412. The van der Waals surface area contributed by atoms with Crippen LogP contribution in [0.25, 0.3) is 10.9 Å². The number of nitrogens with zero attached hydrogens (tertiary/aromatic N) is 2. The molecular weight excluding hydrogens is 260 g/mol. The smallest absolute Gasteiger partial charge is 0.140 e. The molecular formula is C17H22N4. The molecule has 4 heteroatoms. The number of hydrogen-bond donors (Lipinski definition) is 2. The molecule has 0 unspecified atom stereocenters. The first-order chi connectivity index (χ1) is 10.1. The molecule has 0 aliphatic heterocycles. The SMILES string of the molecule is CN(CC1CCCC1)c1nc2ccccc2cc1C(=N)N. The van der Waals surface area contributed by atoms with Crippen molar-refractivity contribution < 1.29 is 0 Å². The van der Waals surface area contributed by atoms with Gasteiger partial charge in [0, 0.05) is 19.0 Å². The monoisotopic (exact) mass is 282 g/mol. The minimum Gasteiger partial charge on any atom is -0.384 e. The van der Waals surface area contributed by atoms with Crippen LogP contribution in [0.4, 0.5) is 5.82 Å². The molecule has 0 atom stereocenters. The first-order valence-electron chi connectivity index (χ1n) is 7.60. The number of rotatable bonds is 4. The first-order valence-corrected chi connectivity index (χ1v) is 7.60. The van der Waals surface area contributed by atoms with E-state index in [0.717, 1.165) is 34.7 Å². The highest BCUT2D eigenvalue weighted by molar-refractivity contribution is 6.02. The molecule has 21 heavy (non-hydrogen) atoms. The van der Waals surface area contributed by atoms with Gasteiger partial charge >= 0.3 is 0 Å². The number of para-hydroxylation sites is 1. The van der Waals surface area contributed by atoms with Crippen molar-refractivity contribution in [3.63, 3.8) is 0 Å². The van der Waals surface area contributed by atoms with Gasteiger partial charge in [-0.05, 0) is 30.9 Å². The predicted molar refractivity (Wildman–Crippen MR) is 88.0 cm³/mol. The summed E-state index contributed by atoms with van der Waals surface area (Å²) < 4.78 is 0. The van der Waals surface area contributed by atoms with E-state index in [2.05, 4.69) is 11.9 Å². The molecule has 1 saturated carbocycles. The largest absolute Gasteiger partial charge is 0.384 e. The lowest BCUT2D eigenvalue weighted by Crippen LogP contribution is -2.28. The topological polar surface area (TPSA) is 66.0 Å². The summed E-state index contributed by atoms with van der Waals surface area (Å²) in [6.07, 6.45) is 5.27. The van der Waals surface area contributed by atoms with Crippen molar-refractivity contribution in [1.29, 1.82) is 5.41 Å². The quantitative estimate of drug-likeness (QED) is 0.668. The van der Waals surface area contributed by atoms with Crippen LogP contribution in [0.1, 0.15) is 31.2 Å². The highest BCUT2D eigenvalue weighted by Gasteiger charge is 2.20. The molecule has 0 spiro atoms. The van der Waals surface area contributed by atoms with E-state index in [1.807, 2.05) is 30.3 Å². The van der Waals surface area contributed by atoms with Gasteiger partial charge in [-0.15, -0.1) is 0 Å². The van der Waals surface area contributed by atoms with Gasteiger partial charge in [0.1, 0.15) is 11.7 Å². The second-order valence-electron chi connectivity index (χ2n) is 6.00. The van der Waals surface area contributed by atoms with E-state index in [1.165, 1.54) is 25.7 Å². The van der Waals surface area contributed by atoms with Crippen LogP contribution in [0.2, 0.25) is 0 Å². The fourth-order valence-corrected chi connectivity index (χ4v) is 3.26. The number of hydrogen-bond acceptors (Lipinski definition) is 3. The Morgan fingerprint density at radius 3 is 2.76 bits per heavy atom. The minimum absolute atomic E-state index is 0.0847. The van der Waals surface area contributed by atoms with Crippen molar-refractivity contribution in [2.75, 3.05) is 18.5 Å². The molecule has 0 saturated heterocycles. The Bertz CT molecular complexity index is 659. The number of nitrogens with one attached hydrogen (secondary N) is 1. The number of nitrogen functional groups attached to an aromatic ring is 1. The van der Waals surface area contributed by atoms with Crippen molar-refractivity contribution in [3.8, 4) is 0 Å². The summed E-state index contributed by atoms with van der Waals surface area (Å²) >= 11 is 0. The number of pyridine rings is 1. The number of nitrogens with two attached hydrogens (primary N) is 1. The Balaban J connectivity index is 1.98. The van der Waals surface area contributed by atoms with Gasteiger partial charge in [0.05, 0.1) is 11.1 Å². The van der Waals surface area contributed by atoms with Crippen LogP contribution in [0, 0.1) is 11.3 Å². The average Bonchev–Trinajstić information content (AvgIpc) is 2.98. The van der Waals surface area contributed by atoms with Gasteiger partial charge in [-0.3, -0.25) is 5.41 Å². The van der Waals surface area contributed by atoms with E-state index in [4.69, 9.17) is 16.1 Å². The van der Waals surface area contributed by atoms with E-state index in [-0.39, 0.29) is 5.84 Å². The van der Waals surface area contributed by atoms with E-state index in [1.54, 1.807) is 0 Å². The van der Waals surface area contributed by atoms with Gasteiger partial charge in [0.2, 0.25) is 0 Å². The van der Waals surface area contributed by atoms with Crippen LogP contribution in [-0.2, 0) is 0 Å². The van der Waals surface area contributed by atoms with E-state index in [9.17, 15) is 0 Å². The van der Waals surface area contributed by atoms with Crippen LogP contribution < -0.4 is 10.6 Å². The minimum atomic E-state index is 0.0847. The maximum Gasteiger partial charge on any atom is 0.140 e. The third-order valence-corrected chi connectivity index (χ3v) is 4.36. The van der Waals surface area contributed by atoms with Crippen molar-refractivity contribution in [3.05, 3.63) is 35.9 Å². The Hall–Kier alpha value is -2.10. The summed E-state index contributed by atoms with van der Waals surface area (Å²) in [7, 11) is 2.06. The standard InChI is InChI=1S/C17H22N4/c1-21(11-12-6-2-3-7-12)17-14(16(18)19)10-13-8-4-5-9-15(13)20-17/h4-5,8-10,12H,2-3,6-7,11H2,1H3,(H3,18,19). The summed E-state index contributed by atoms with van der Waals surface area (Å²) in [6, 6.07) is 9.96. The molecule has 3 N–H and O–H groups in total. The fourth-order valence-electron chi connectivity index (χ4n) is 3.26. The second-order valence-corrected chi connectivity index (χ2v) is 6.00. The molecule has 4 nitrogen and oxygen atoms in total. The predicted octanol–water partition coefficient (Wildman–Crippen LogP) is 3.15. The zero-order chi connectivity index (χ0) is 14.8. The van der Waals surface area contributed by atoms with E-state index < -0.39 is 0 Å². The molecule has 3 rings (SSSR count). The van der Waals surface area contributed by atoms with Crippen LogP contribution >= 0.6 is 0 Å². The lowest BCUT2D eigenvalue weighted by atomic mass is 10.1. The third kappa shape index (κ3) is 2.84. The Morgan fingerprint density at radius 1 is 1.33 bits per heavy atom. The molecule has 110 valence electrons. The Labute approximate surface area is 125 Å². The second kappa shape index (κ2) is 5.72. The van der Waals surface area contributed by atoms with E-state index >= 15 is 0 Å². The van der Waals surface area contributed by atoms with Gasteiger partial charge < -0.3 is 10.6 Å². The summed E-state index contributed by atoms with van der Waals surface area (Å²) in [5.74, 6) is 1.65. The van der Waals surface area contributed by atoms with Crippen molar-refractivity contribution in [2.24, 2.45) is 11.7 Å². The molecule has 0 amide bonds. The molecule has 1 aliphatic carbocycles. The highest BCUT2D eigenvalue weighted by Crippen LogP contribution is 2.28. The van der Waals surface area contributed by atoms with Crippen molar-refractivity contribution in [1.82, 2.24) is 4.98 Å². The number of anilines is 1. The molecule has 2 aromatic rings. The average molecular weight is 282 g/mol. The zero-order valence-corrected chi connectivity index (χ0v) is 12.5. The third-order valence-electron chi connectivity index (χ3n) is 4.36. The summed E-state index contributed by atoms with van der Waals surface area (Å²) in [5.41, 5.74) is 7.45. The summed E-state index contributed by atoms with van der Waals surface area (Å²) in [5, 5.41) is 8.87. The van der Waals surface area contributed by atoms with Crippen LogP contribution in [-0.4, -0.2) is 24.4 Å². The number of amidine groups is 1. The van der Waals surface area contributed by atoms with Gasteiger partial charge in [0.15, 0.2) is 0 Å². The van der Waals surface area contributed by atoms with Crippen molar-refractivity contribution in [2.45, 2.75) is 25.7 Å². The zero-order valence-electron chi connectivity index (χ0n) is 12.5. The molecule has 0 radical (unpaired) electrons. The van der Waals surface area contributed by atoms with Crippen molar-refractivity contribution >= 4 is 22.6 Å². The van der Waals surface area contributed by atoms with Gasteiger partial charge in [0.25, 0.3) is 0 Å². The number of aromatic nitrogens is 1. The van der Waals surface area contributed by atoms with Gasteiger partial charge in [-0.1, -0.05) is 31.0 Å². The number of benzene rings is 1. The molecule has 1 aliphatic rings. The lowest BCUT2D eigenvalue weighted by Gasteiger charge is -2.24. The summed E-state index contributed by atoms with van der Waals surface area (Å²) in [4.78, 5) is 6.91. The Kier molecular flexibility index (Phi) is 3.78. The molecule has 1 fully saturated rings. The lowest BCUT2D eigenvalue weighted by molar-refractivity contribution is 0.545. The van der Waals surface area contributed by atoms with Crippen LogP contribution in [0.3, 0.4) is 0 Å². The molecule has 1 heterocycles. The van der Waals surface area contributed by atoms with Gasteiger partial charge in [-0.2, -0.15) is 0 Å².